The highest BCUT2D eigenvalue weighted by Gasteiger charge is 2.11. The fraction of sp³-hybridized carbons (Fsp3) is 0.333. The van der Waals surface area contributed by atoms with Gasteiger partial charge in [0.15, 0.2) is 5.78 Å². The molecule has 0 aliphatic carbocycles. The number of aromatic nitrogens is 1. The van der Waals surface area contributed by atoms with Gasteiger partial charge in [0.25, 0.3) is 0 Å². The molecule has 0 saturated heterocycles. The molecule has 0 saturated carbocycles. The normalized spacial score (nSPS) is 9.77. The largest absolute Gasteiger partial charge is 0.494 e. The average Bonchev–Trinajstić information content (AvgIpc) is 2.16. The maximum Gasteiger partial charge on any atom is 0.213 e. The summed E-state index contributed by atoms with van der Waals surface area (Å²) in [4.78, 5) is 14.7. The summed E-state index contributed by atoms with van der Waals surface area (Å²) >= 11 is 0. The van der Waals surface area contributed by atoms with Gasteiger partial charge >= 0.3 is 0 Å². The minimum Gasteiger partial charge on any atom is -0.494 e. The first kappa shape index (κ1) is 9.64. The van der Waals surface area contributed by atoms with E-state index in [2.05, 4.69) is 4.98 Å². The first-order valence-corrected chi connectivity index (χ1v) is 3.91. The van der Waals surface area contributed by atoms with Crippen LogP contribution in [0.5, 0.6) is 5.75 Å². The molecule has 13 heavy (non-hydrogen) atoms. The highest BCUT2D eigenvalue weighted by Crippen LogP contribution is 2.18. The summed E-state index contributed by atoms with van der Waals surface area (Å²) in [5, 5.41) is 0. The van der Waals surface area contributed by atoms with Gasteiger partial charge in [0, 0.05) is 12.5 Å². The van der Waals surface area contributed by atoms with Crippen LogP contribution in [0.15, 0.2) is 12.3 Å². The van der Waals surface area contributed by atoms with Crippen molar-refractivity contribution >= 4 is 5.78 Å². The SMILES string of the molecule is CCC(=O)c1cc(F)ncc1OC. The van der Waals surface area contributed by atoms with Gasteiger partial charge in [-0.2, -0.15) is 4.39 Å². The summed E-state index contributed by atoms with van der Waals surface area (Å²) in [5.74, 6) is -0.510. The summed E-state index contributed by atoms with van der Waals surface area (Å²) in [6, 6.07) is 1.09. The number of halogens is 1. The van der Waals surface area contributed by atoms with E-state index >= 15 is 0 Å². The van der Waals surface area contributed by atoms with E-state index in [1.54, 1.807) is 6.92 Å². The minimum atomic E-state index is -0.669. The molecule has 70 valence electrons. The summed E-state index contributed by atoms with van der Waals surface area (Å²) in [7, 11) is 1.42. The summed E-state index contributed by atoms with van der Waals surface area (Å²) in [5.41, 5.74) is 0.248. The van der Waals surface area contributed by atoms with Crippen molar-refractivity contribution in [3.63, 3.8) is 0 Å². The quantitative estimate of drug-likeness (QED) is 0.530. The van der Waals surface area contributed by atoms with E-state index in [1.807, 2.05) is 0 Å². The summed E-state index contributed by atoms with van der Waals surface area (Å²) in [6.07, 6.45) is 1.53. The van der Waals surface area contributed by atoms with Gasteiger partial charge in [0.2, 0.25) is 5.95 Å². The van der Waals surface area contributed by atoms with Crippen molar-refractivity contribution in [3.8, 4) is 5.75 Å². The van der Waals surface area contributed by atoms with Crippen LogP contribution >= 0.6 is 0 Å². The number of carbonyl (C=O) groups excluding carboxylic acids is 1. The Hall–Kier alpha value is -1.45. The Balaban J connectivity index is 3.15. The molecule has 0 aliphatic heterocycles. The molecule has 1 rings (SSSR count). The summed E-state index contributed by atoms with van der Waals surface area (Å²) < 4.78 is 17.5. The van der Waals surface area contributed by atoms with Gasteiger partial charge in [-0.25, -0.2) is 4.98 Å². The third-order valence-electron chi connectivity index (χ3n) is 1.68. The van der Waals surface area contributed by atoms with Crippen molar-refractivity contribution in [1.82, 2.24) is 4.98 Å². The Bertz CT molecular complexity index is 325. The van der Waals surface area contributed by atoms with E-state index in [4.69, 9.17) is 4.74 Å². The molecule has 0 amide bonds. The fourth-order valence-corrected chi connectivity index (χ4v) is 0.988. The van der Waals surface area contributed by atoms with Crippen molar-refractivity contribution in [3.05, 3.63) is 23.8 Å². The number of carbonyl (C=O) groups is 1. The van der Waals surface area contributed by atoms with Crippen LogP contribution in [0, 0.1) is 5.95 Å². The number of ketones is 1. The first-order chi connectivity index (χ1) is 6.19. The zero-order valence-corrected chi connectivity index (χ0v) is 7.50. The molecule has 1 aromatic heterocycles. The predicted octanol–water partition coefficient (Wildman–Crippen LogP) is 1.82. The maximum atomic E-state index is 12.7. The number of methoxy groups -OCH3 is 1. The van der Waals surface area contributed by atoms with Crippen molar-refractivity contribution in [2.45, 2.75) is 13.3 Å². The van der Waals surface area contributed by atoms with Gasteiger partial charge in [0.1, 0.15) is 5.75 Å². The Morgan fingerprint density at radius 3 is 2.92 bits per heavy atom. The molecule has 0 atom stereocenters. The number of ether oxygens (including phenoxy) is 1. The minimum absolute atomic E-state index is 0.154. The number of pyridine rings is 1. The molecule has 0 unspecified atom stereocenters. The Kier molecular flexibility index (Phi) is 2.95. The third-order valence-corrected chi connectivity index (χ3v) is 1.68. The fourth-order valence-electron chi connectivity index (χ4n) is 0.988. The average molecular weight is 183 g/mol. The molecule has 0 aromatic carbocycles. The Morgan fingerprint density at radius 1 is 1.69 bits per heavy atom. The van der Waals surface area contributed by atoms with Crippen molar-refractivity contribution in [2.24, 2.45) is 0 Å². The lowest BCUT2D eigenvalue weighted by Crippen LogP contribution is -2.02. The van der Waals surface area contributed by atoms with Gasteiger partial charge in [-0.15, -0.1) is 0 Å². The van der Waals surface area contributed by atoms with Gasteiger partial charge in [0.05, 0.1) is 18.9 Å². The van der Waals surface area contributed by atoms with Gasteiger partial charge in [-0.05, 0) is 0 Å². The summed E-state index contributed by atoms with van der Waals surface area (Å²) in [6.45, 7) is 1.71. The molecule has 0 fully saturated rings. The van der Waals surface area contributed by atoms with Crippen LogP contribution in [-0.4, -0.2) is 17.9 Å². The topological polar surface area (TPSA) is 39.2 Å². The third kappa shape index (κ3) is 2.02. The van der Waals surface area contributed by atoms with E-state index in [1.165, 1.54) is 13.3 Å². The Labute approximate surface area is 75.6 Å². The van der Waals surface area contributed by atoms with Crippen LogP contribution in [0.1, 0.15) is 23.7 Å². The highest BCUT2D eigenvalue weighted by atomic mass is 19.1. The molecule has 4 heteroatoms. The van der Waals surface area contributed by atoms with Crippen molar-refractivity contribution < 1.29 is 13.9 Å². The smallest absolute Gasteiger partial charge is 0.213 e. The van der Waals surface area contributed by atoms with Crippen LogP contribution in [0.2, 0.25) is 0 Å². The molecule has 0 radical (unpaired) electrons. The second-order valence-corrected chi connectivity index (χ2v) is 2.48. The van der Waals surface area contributed by atoms with E-state index in [9.17, 15) is 9.18 Å². The molecule has 0 spiro atoms. The van der Waals surface area contributed by atoms with Gasteiger partial charge < -0.3 is 4.74 Å². The lowest BCUT2D eigenvalue weighted by Gasteiger charge is -2.04. The van der Waals surface area contributed by atoms with E-state index in [0.717, 1.165) is 6.07 Å². The van der Waals surface area contributed by atoms with E-state index < -0.39 is 5.95 Å². The number of nitrogens with zero attached hydrogens (tertiary/aromatic N) is 1. The number of Topliss-reactive ketones (excluding diaryl/α,β-unsaturated/α-hetero) is 1. The predicted molar refractivity (Wildman–Crippen MR) is 45.4 cm³/mol. The van der Waals surface area contributed by atoms with Crippen LogP contribution in [0.25, 0.3) is 0 Å². The number of hydrogen-bond acceptors (Lipinski definition) is 3. The second kappa shape index (κ2) is 3.98. The van der Waals surface area contributed by atoms with Gasteiger partial charge in [-0.1, -0.05) is 6.92 Å². The molecular weight excluding hydrogens is 173 g/mol. The second-order valence-electron chi connectivity index (χ2n) is 2.48. The van der Waals surface area contributed by atoms with Crippen LogP contribution in [-0.2, 0) is 0 Å². The van der Waals surface area contributed by atoms with E-state index in [0.29, 0.717) is 12.2 Å². The standard InChI is InChI=1S/C9H10FNO2/c1-3-7(12)6-4-9(10)11-5-8(6)13-2/h4-5H,3H2,1-2H3. The Morgan fingerprint density at radius 2 is 2.38 bits per heavy atom. The van der Waals surface area contributed by atoms with Crippen molar-refractivity contribution in [1.29, 1.82) is 0 Å². The number of rotatable bonds is 3. The molecule has 0 N–H and O–H groups in total. The zero-order chi connectivity index (χ0) is 9.84. The molecule has 1 heterocycles. The lowest BCUT2D eigenvalue weighted by molar-refractivity contribution is 0.0984. The number of hydrogen-bond donors (Lipinski definition) is 0. The van der Waals surface area contributed by atoms with Crippen LogP contribution in [0.3, 0.4) is 0 Å². The first-order valence-electron chi connectivity index (χ1n) is 3.91. The maximum absolute atomic E-state index is 12.7. The van der Waals surface area contributed by atoms with Crippen LogP contribution < -0.4 is 4.74 Å². The zero-order valence-electron chi connectivity index (χ0n) is 7.50. The lowest BCUT2D eigenvalue weighted by atomic mass is 10.1. The van der Waals surface area contributed by atoms with Gasteiger partial charge in [-0.3, -0.25) is 4.79 Å². The molecule has 0 bridgehead atoms. The molecule has 1 aromatic rings. The van der Waals surface area contributed by atoms with Crippen molar-refractivity contribution in [2.75, 3.05) is 7.11 Å². The highest BCUT2D eigenvalue weighted by molar-refractivity contribution is 5.98. The van der Waals surface area contributed by atoms with E-state index in [-0.39, 0.29) is 11.3 Å². The van der Waals surface area contributed by atoms with Crippen LogP contribution in [0.4, 0.5) is 4.39 Å². The molecule has 3 nitrogen and oxygen atoms in total. The molecule has 0 aliphatic rings. The molecular formula is C9H10FNO2. The monoisotopic (exact) mass is 183 g/mol.